The quantitative estimate of drug-likeness (QED) is 0.676. The second kappa shape index (κ2) is 8.36. The zero-order chi connectivity index (χ0) is 19.3. The molecule has 0 aliphatic carbocycles. The van der Waals surface area contributed by atoms with E-state index in [1.165, 1.54) is 5.69 Å². The molecule has 0 radical (unpaired) electrons. The molecule has 4 rings (SSSR count). The number of carbonyl (C=O) groups excluding carboxylic acids is 1. The lowest BCUT2D eigenvalue weighted by molar-refractivity contribution is 0.0748. The molecular weight excluding hydrogens is 370 g/mol. The van der Waals surface area contributed by atoms with E-state index in [1.54, 1.807) is 12.1 Å². The Kier molecular flexibility index (Phi) is 5.49. The fourth-order valence-electron chi connectivity index (χ4n) is 3.46. The number of nitrogens with one attached hydrogen (secondary N) is 1. The maximum Gasteiger partial charge on any atom is 0.256 e. The van der Waals surface area contributed by atoms with E-state index < -0.39 is 0 Å². The summed E-state index contributed by atoms with van der Waals surface area (Å²) in [6, 6.07) is 25.6. The van der Waals surface area contributed by atoms with Crippen molar-refractivity contribution in [2.75, 3.05) is 36.4 Å². The summed E-state index contributed by atoms with van der Waals surface area (Å²) in [5.74, 6) is 0.00800. The van der Waals surface area contributed by atoms with Gasteiger partial charge in [0.1, 0.15) is 0 Å². The van der Waals surface area contributed by atoms with Gasteiger partial charge in [0.2, 0.25) is 0 Å². The summed E-state index contributed by atoms with van der Waals surface area (Å²) in [5.41, 5.74) is 3.51. The van der Waals surface area contributed by atoms with Crippen molar-refractivity contribution in [2.24, 2.45) is 0 Å². The van der Waals surface area contributed by atoms with Crippen LogP contribution in [0.2, 0.25) is 5.02 Å². The van der Waals surface area contributed by atoms with Crippen molar-refractivity contribution in [3.63, 3.8) is 0 Å². The number of halogens is 1. The van der Waals surface area contributed by atoms with Crippen LogP contribution in [0.5, 0.6) is 0 Å². The number of hydrogen-bond donors (Lipinski definition) is 1. The fourth-order valence-corrected chi connectivity index (χ4v) is 3.63. The fraction of sp³-hybridized carbons (Fsp3) is 0.174. The minimum atomic E-state index is 0.00800. The number of nitrogens with zero attached hydrogens (tertiary/aromatic N) is 2. The van der Waals surface area contributed by atoms with Gasteiger partial charge in [-0.1, -0.05) is 48.0 Å². The Bertz CT molecular complexity index is 939. The molecule has 28 heavy (non-hydrogen) atoms. The molecule has 0 unspecified atom stereocenters. The van der Waals surface area contributed by atoms with Gasteiger partial charge in [-0.25, -0.2) is 0 Å². The van der Waals surface area contributed by atoms with Crippen LogP contribution in [0.15, 0.2) is 78.9 Å². The van der Waals surface area contributed by atoms with E-state index in [4.69, 9.17) is 11.6 Å². The number of anilines is 3. The lowest BCUT2D eigenvalue weighted by atomic mass is 10.1. The molecule has 1 amide bonds. The van der Waals surface area contributed by atoms with Crippen LogP contribution in [0.4, 0.5) is 17.1 Å². The highest BCUT2D eigenvalue weighted by molar-refractivity contribution is 6.31. The Morgan fingerprint density at radius 3 is 2.14 bits per heavy atom. The molecule has 1 heterocycles. The molecule has 0 spiro atoms. The van der Waals surface area contributed by atoms with Crippen molar-refractivity contribution in [1.82, 2.24) is 4.90 Å². The van der Waals surface area contributed by atoms with Gasteiger partial charge >= 0.3 is 0 Å². The number of piperazine rings is 1. The van der Waals surface area contributed by atoms with Crippen molar-refractivity contribution in [2.45, 2.75) is 0 Å². The van der Waals surface area contributed by atoms with Crippen molar-refractivity contribution in [1.29, 1.82) is 0 Å². The molecule has 4 nitrogen and oxygen atoms in total. The molecule has 3 aromatic carbocycles. The van der Waals surface area contributed by atoms with Crippen LogP contribution in [0.25, 0.3) is 0 Å². The summed E-state index contributed by atoms with van der Waals surface area (Å²) in [6.45, 7) is 3.01. The van der Waals surface area contributed by atoms with Crippen LogP contribution < -0.4 is 10.2 Å². The zero-order valence-corrected chi connectivity index (χ0v) is 16.3. The highest BCUT2D eigenvalue weighted by Crippen LogP contribution is 2.26. The Balaban J connectivity index is 1.50. The Hall–Kier alpha value is -2.98. The molecule has 142 valence electrons. The van der Waals surface area contributed by atoms with Crippen LogP contribution in [0.1, 0.15) is 10.4 Å². The zero-order valence-electron chi connectivity index (χ0n) is 15.5. The normalized spacial score (nSPS) is 14.0. The first-order valence-electron chi connectivity index (χ1n) is 9.41. The molecule has 1 saturated heterocycles. The van der Waals surface area contributed by atoms with Crippen molar-refractivity contribution in [3.05, 3.63) is 89.4 Å². The predicted octanol–water partition coefficient (Wildman–Crippen LogP) is 5.05. The smallest absolute Gasteiger partial charge is 0.256 e. The summed E-state index contributed by atoms with van der Waals surface area (Å²) in [6.07, 6.45) is 0. The van der Waals surface area contributed by atoms with Gasteiger partial charge in [0.05, 0.1) is 11.3 Å². The van der Waals surface area contributed by atoms with Crippen molar-refractivity contribution in [3.8, 4) is 0 Å². The van der Waals surface area contributed by atoms with Crippen molar-refractivity contribution < 1.29 is 4.79 Å². The molecular formula is C23H22ClN3O. The molecule has 0 saturated carbocycles. The SMILES string of the molecule is O=C(c1cc(Cl)ccc1Nc1ccccc1)N1CCN(c2ccccc2)CC1. The van der Waals surface area contributed by atoms with E-state index >= 15 is 0 Å². The first-order chi connectivity index (χ1) is 13.7. The number of rotatable bonds is 4. The van der Waals surface area contributed by atoms with Gasteiger partial charge in [-0.3, -0.25) is 4.79 Å². The van der Waals surface area contributed by atoms with Gasteiger partial charge in [0, 0.05) is 42.6 Å². The second-order valence-corrected chi connectivity index (χ2v) is 7.23. The molecule has 1 aliphatic rings. The number of para-hydroxylation sites is 2. The van der Waals surface area contributed by atoms with E-state index in [-0.39, 0.29) is 5.91 Å². The topological polar surface area (TPSA) is 35.6 Å². The first-order valence-corrected chi connectivity index (χ1v) is 9.79. The van der Waals surface area contributed by atoms with E-state index in [9.17, 15) is 4.79 Å². The van der Waals surface area contributed by atoms with E-state index in [1.807, 2.05) is 59.5 Å². The molecule has 3 aromatic rings. The molecule has 0 aromatic heterocycles. The van der Waals surface area contributed by atoms with Crippen molar-refractivity contribution >= 4 is 34.6 Å². The van der Waals surface area contributed by atoms with Crippen LogP contribution in [-0.4, -0.2) is 37.0 Å². The van der Waals surface area contributed by atoms with Gasteiger partial charge < -0.3 is 15.1 Å². The first kappa shape index (κ1) is 18.4. The average Bonchev–Trinajstić information content (AvgIpc) is 2.76. The Morgan fingerprint density at radius 1 is 0.821 bits per heavy atom. The van der Waals surface area contributed by atoms with Crippen LogP contribution in [-0.2, 0) is 0 Å². The minimum absolute atomic E-state index is 0.00800. The summed E-state index contributed by atoms with van der Waals surface area (Å²) in [7, 11) is 0. The molecule has 1 N–H and O–H groups in total. The summed E-state index contributed by atoms with van der Waals surface area (Å²) in [5, 5.41) is 3.90. The maximum absolute atomic E-state index is 13.2. The van der Waals surface area contributed by atoms with E-state index in [2.05, 4.69) is 22.3 Å². The van der Waals surface area contributed by atoms with Gasteiger partial charge in [-0.05, 0) is 42.5 Å². The molecule has 0 bridgehead atoms. The molecule has 1 fully saturated rings. The van der Waals surface area contributed by atoms with Crippen LogP contribution >= 0.6 is 11.6 Å². The van der Waals surface area contributed by atoms with E-state index in [0.717, 1.165) is 24.5 Å². The van der Waals surface area contributed by atoms with Gasteiger partial charge in [-0.15, -0.1) is 0 Å². The van der Waals surface area contributed by atoms with Crippen LogP contribution in [0.3, 0.4) is 0 Å². The highest BCUT2D eigenvalue weighted by Gasteiger charge is 2.24. The van der Waals surface area contributed by atoms with Gasteiger partial charge in [0.25, 0.3) is 5.91 Å². The maximum atomic E-state index is 13.2. The second-order valence-electron chi connectivity index (χ2n) is 6.80. The molecule has 1 aliphatic heterocycles. The van der Waals surface area contributed by atoms with Gasteiger partial charge in [0.15, 0.2) is 0 Å². The van der Waals surface area contributed by atoms with Gasteiger partial charge in [-0.2, -0.15) is 0 Å². The summed E-state index contributed by atoms with van der Waals surface area (Å²) >= 11 is 6.20. The summed E-state index contributed by atoms with van der Waals surface area (Å²) < 4.78 is 0. The molecule has 0 atom stereocenters. The average molecular weight is 392 g/mol. The Morgan fingerprint density at radius 2 is 1.46 bits per heavy atom. The number of carbonyl (C=O) groups is 1. The number of amides is 1. The minimum Gasteiger partial charge on any atom is -0.368 e. The number of hydrogen-bond acceptors (Lipinski definition) is 3. The largest absolute Gasteiger partial charge is 0.368 e. The third-order valence-corrected chi connectivity index (χ3v) is 5.19. The predicted molar refractivity (Wildman–Crippen MR) is 116 cm³/mol. The van der Waals surface area contributed by atoms with Crippen LogP contribution in [0, 0.1) is 0 Å². The lowest BCUT2D eigenvalue weighted by Crippen LogP contribution is -2.48. The molecule has 5 heteroatoms. The summed E-state index contributed by atoms with van der Waals surface area (Å²) in [4.78, 5) is 17.4. The monoisotopic (exact) mass is 391 g/mol. The third-order valence-electron chi connectivity index (χ3n) is 4.95. The number of benzene rings is 3. The third kappa shape index (κ3) is 4.12. The standard InChI is InChI=1S/C23H22ClN3O/c24-18-11-12-22(25-19-7-3-1-4-8-19)21(17-18)23(28)27-15-13-26(14-16-27)20-9-5-2-6-10-20/h1-12,17,25H,13-16H2. The lowest BCUT2D eigenvalue weighted by Gasteiger charge is -2.36. The highest BCUT2D eigenvalue weighted by atomic mass is 35.5. The van der Waals surface area contributed by atoms with E-state index in [0.29, 0.717) is 23.7 Å². The Labute approximate surface area is 170 Å².